The molecule has 2 unspecified atom stereocenters. The van der Waals surface area contributed by atoms with Gasteiger partial charge in [-0.05, 0) is 31.3 Å². The highest BCUT2D eigenvalue weighted by molar-refractivity contribution is 5.67. The molecule has 0 aromatic carbocycles. The summed E-state index contributed by atoms with van der Waals surface area (Å²) in [6.45, 7) is 4.07. The van der Waals surface area contributed by atoms with E-state index >= 15 is 0 Å². The van der Waals surface area contributed by atoms with E-state index in [1.165, 1.54) is 0 Å². The summed E-state index contributed by atoms with van der Waals surface area (Å²) in [4.78, 5) is 10.5. The number of rotatable bonds is 3. The fourth-order valence-corrected chi connectivity index (χ4v) is 1.98. The molecule has 12 heavy (non-hydrogen) atoms. The van der Waals surface area contributed by atoms with E-state index in [1.54, 1.807) is 0 Å². The molecule has 1 rings (SSSR count). The van der Waals surface area contributed by atoms with E-state index in [2.05, 4.69) is 12.2 Å². The van der Waals surface area contributed by atoms with Crippen LogP contribution in [-0.2, 0) is 4.79 Å². The summed E-state index contributed by atoms with van der Waals surface area (Å²) in [5, 5.41) is 11.9. The summed E-state index contributed by atoms with van der Waals surface area (Å²) < 4.78 is 0. The van der Waals surface area contributed by atoms with Crippen molar-refractivity contribution in [1.82, 2.24) is 5.32 Å². The van der Waals surface area contributed by atoms with Gasteiger partial charge >= 0.3 is 5.97 Å². The van der Waals surface area contributed by atoms with Gasteiger partial charge in [0.2, 0.25) is 0 Å². The Labute approximate surface area is 73.2 Å². The van der Waals surface area contributed by atoms with Crippen molar-refractivity contribution < 1.29 is 9.90 Å². The second kappa shape index (κ2) is 4.45. The van der Waals surface area contributed by atoms with E-state index in [0.29, 0.717) is 18.3 Å². The first-order valence-electron chi connectivity index (χ1n) is 4.66. The minimum absolute atomic E-state index is 0.325. The molecule has 1 heterocycles. The van der Waals surface area contributed by atoms with Crippen molar-refractivity contribution in [3.8, 4) is 0 Å². The highest BCUT2D eigenvalue weighted by Gasteiger charge is 2.25. The number of carboxylic acid groups (broad SMARTS) is 1. The minimum Gasteiger partial charge on any atom is -0.481 e. The summed E-state index contributed by atoms with van der Waals surface area (Å²) in [5.41, 5.74) is 0. The van der Waals surface area contributed by atoms with Crippen LogP contribution < -0.4 is 5.32 Å². The first-order valence-corrected chi connectivity index (χ1v) is 4.66. The van der Waals surface area contributed by atoms with Crippen LogP contribution in [-0.4, -0.2) is 24.2 Å². The Balaban J connectivity index is 2.41. The van der Waals surface area contributed by atoms with Crippen LogP contribution in [0, 0.1) is 11.8 Å². The molecule has 3 heteroatoms. The van der Waals surface area contributed by atoms with E-state index in [-0.39, 0.29) is 0 Å². The van der Waals surface area contributed by atoms with E-state index in [4.69, 9.17) is 5.11 Å². The maximum absolute atomic E-state index is 10.5. The smallest absolute Gasteiger partial charge is 0.303 e. The molecule has 1 aliphatic heterocycles. The number of aliphatic carboxylic acids is 1. The lowest BCUT2D eigenvalue weighted by atomic mass is 9.82. The highest BCUT2D eigenvalue weighted by Crippen LogP contribution is 2.24. The average Bonchev–Trinajstić information content (AvgIpc) is 2.04. The molecule has 2 atom stereocenters. The van der Waals surface area contributed by atoms with Crippen LogP contribution in [0.1, 0.15) is 26.2 Å². The Hall–Kier alpha value is -0.570. The van der Waals surface area contributed by atoms with Gasteiger partial charge < -0.3 is 10.4 Å². The van der Waals surface area contributed by atoms with Gasteiger partial charge in [-0.25, -0.2) is 0 Å². The monoisotopic (exact) mass is 171 g/mol. The van der Waals surface area contributed by atoms with Crippen molar-refractivity contribution in [3.05, 3.63) is 0 Å². The van der Waals surface area contributed by atoms with Gasteiger partial charge in [0.05, 0.1) is 0 Å². The van der Waals surface area contributed by atoms with E-state index in [9.17, 15) is 4.79 Å². The van der Waals surface area contributed by atoms with Crippen LogP contribution in [0.25, 0.3) is 0 Å². The number of piperidine rings is 1. The van der Waals surface area contributed by atoms with Gasteiger partial charge in [0.1, 0.15) is 0 Å². The Morgan fingerprint density at radius 3 is 2.92 bits per heavy atom. The summed E-state index contributed by atoms with van der Waals surface area (Å²) in [6.07, 6.45) is 2.57. The molecule has 3 nitrogen and oxygen atoms in total. The zero-order valence-electron chi connectivity index (χ0n) is 7.55. The van der Waals surface area contributed by atoms with E-state index in [1.807, 2.05) is 0 Å². The summed E-state index contributed by atoms with van der Waals surface area (Å²) >= 11 is 0. The fraction of sp³-hybridized carbons (Fsp3) is 0.889. The summed E-state index contributed by atoms with van der Waals surface area (Å²) in [6, 6.07) is 0. The van der Waals surface area contributed by atoms with E-state index < -0.39 is 5.97 Å². The zero-order chi connectivity index (χ0) is 8.97. The molecule has 2 N–H and O–H groups in total. The van der Waals surface area contributed by atoms with Crippen LogP contribution in [0.3, 0.4) is 0 Å². The molecule has 1 fully saturated rings. The number of hydrogen-bond donors (Lipinski definition) is 2. The predicted molar refractivity (Wildman–Crippen MR) is 47.0 cm³/mol. The Kier molecular flexibility index (Phi) is 3.53. The molecule has 0 radical (unpaired) electrons. The number of carboxylic acids is 1. The van der Waals surface area contributed by atoms with Gasteiger partial charge in [-0.3, -0.25) is 4.79 Å². The number of carbonyl (C=O) groups is 1. The standard InChI is InChI=1S/C9H17NO2/c1-2-7-3-4-10-6-8(7)5-9(11)12/h7-8,10H,2-6H2,1H3,(H,11,12). The van der Waals surface area contributed by atoms with Gasteiger partial charge in [-0.2, -0.15) is 0 Å². The van der Waals surface area contributed by atoms with Crippen molar-refractivity contribution >= 4 is 5.97 Å². The second-order valence-corrected chi connectivity index (χ2v) is 3.52. The van der Waals surface area contributed by atoms with Gasteiger partial charge in [-0.1, -0.05) is 13.3 Å². The van der Waals surface area contributed by atoms with Crippen LogP contribution in [0.5, 0.6) is 0 Å². The molecule has 0 spiro atoms. The maximum Gasteiger partial charge on any atom is 0.303 e. The average molecular weight is 171 g/mol. The van der Waals surface area contributed by atoms with Crippen LogP contribution in [0.4, 0.5) is 0 Å². The van der Waals surface area contributed by atoms with Gasteiger partial charge in [0.15, 0.2) is 0 Å². The lowest BCUT2D eigenvalue weighted by Crippen LogP contribution is -2.37. The van der Waals surface area contributed by atoms with Gasteiger partial charge in [-0.15, -0.1) is 0 Å². The minimum atomic E-state index is -0.665. The molecule has 0 aromatic heterocycles. The van der Waals surface area contributed by atoms with Crippen molar-refractivity contribution in [2.75, 3.05) is 13.1 Å². The molecule has 0 aliphatic carbocycles. The predicted octanol–water partition coefficient (Wildman–Crippen LogP) is 1.10. The Morgan fingerprint density at radius 1 is 1.58 bits per heavy atom. The van der Waals surface area contributed by atoms with Crippen LogP contribution in [0.2, 0.25) is 0 Å². The summed E-state index contributed by atoms with van der Waals surface area (Å²) in [7, 11) is 0. The largest absolute Gasteiger partial charge is 0.481 e. The third-order valence-corrected chi connectivity index (χ3v) is 2.73. The number of nitrogens with one attached hydrogen (secondary N) is 1. The molecular weight excluding hydrogens is 154 g/mol. The quantitative estimate of drug-likeness (QED) is 0.668. The van der Waals surface area contributed by atoms with Gasteiger partial charge in [0.25, 0.3) is 0 Å². The van der Waals surface area contributed by atoms with Crippen molar-refractivity contribution in [1.29, 1.82) is 0 Å². The normalized spacial score (nSPS) is 30.1. The third kappa shape index (κ3) is 2.48. The van der Waals surface area contributed by atoms with Crippen molar-refractivity contribution in [3.63, 3.8) is 0 Å². The number of hydrogen-bond acceptors (Lipinski definition) is 2. The first-order chi connectivity index (χ1) is 5.74. The maximum atomic E-state index is 10.5. The lowest BCUT2D eigenvalue weighted by molar-refractivity contribution is -0.138. The van der Waals surface area contributed by atoms with Crippen molar-refractivity contribution in [2.45, 2.75) is 26.2 Å². The summed E-state index contributed by atoms with van der Waals surface area (Å²) in [5.74, 6) is 0.297. The third-order valence-electron chi connectivity index (χ3n) is 2.73. The molecule has 0 saturated carbocycles. The second-order valence-electron chi connectivity index (χ2n) is 3.52. The molecule has 1 saturated heterocycles. The zero-order valence-corrected chi connectivity index (χ0v) is 7.55. The highest BCUT2D eigenvalue weighted by atomic mass is 16.4. The molecule has 70 valence electrons. The Bertz CT molecular complexity index is 159. The van der Waals surface area contributed by atoms with E-state index in [0.717, 1.165) is 25.9 Å². The topological polar surface area (TPSA) is 49.3 Å². The molecule has 0 bridgehead atoms. The lowest BCUT2D eigenvalue weighted by Gasteiger charge is -2.30. The van der Waals surface area contributed by atoms with Crippen molar-refractivity contribution in [2.24, 2.45) is 11.8 Å². The molecule has 0 amide bonds. The first kappa shape index (κ1) is 9.52. The van der Waals surface area contributed by atoms with Crippen LogP contribution in [0.15, 0.2) is 0 Å². The van der Waals surface area contributed by atoms with Crippen LogP contribution >= 0.6 is 0 Å². The Morgan fingerprint density at radius 2 is 2.33 bits per heavy atom. The SMILES string of the molecule is CCC1CCNCC1CC(=O)O. The molecule has 0 aromatic rings. The molecular formula is C9H17NO2. The fourth-order valence-electron chi connectivity index (χ4n) is 1.98. The van der Waals surface area contributed by atoms with Gasteiger partial charge in [0, 0.05) is 6.42 Å². The molecule has 1 aliphatic rings.